The van der Waals surface area contributed by atoms with Gasteiger partial charge in [-0.3, -0.25) is 0 Å². The van der Waals surface area contributed by atoms with E-state index in [9.17, 15) is 5.26 Å². The monoisotopic (exact) mass is 379 g/mol. The van der Waals surface area contributed by atoms with Crippen LogP contribution in [0.15, 0.2) is 24.4 Å². The molecule has 0 radical (unpaired) electrons. The number of piperidine rings is 1. The SMILES string of the molecule is Cc1ccc(C#N)c(N2CCCC(Nc3ccnc(N4CCOCC4)n3)C2)n1. The van der Waals surface area contributed by atoms with E-state index in [-0.39, 0.29) is 6.04 Å². The Balaban J connectivity index is 1.46. The van der Waals surface area contributed by atoms with Crippen LogP contribution < -0.4 is 15.1 Å². The number of anilines is 3. The zero-order valence-electron chi connectivity index (χ0n) is 16.1. The second-order valence-corrected chi connectivity index (χ2v) is 7.21. The number of hydrogen-bond donors (Lipinski definition) is 1. The van der Waals surface area contributed by atoms with E-state index in [2.05, 4.69) is 31.2 Å². The zero-order valence-corrected chi connectivity index (χ0v) is 16.1. The van der Waals surface area contributed by atoms with Gasteiger partial charge in [-0.25, -0.2) is 9.97 Å². The maximum absolute atomic E-state index is 9.43. The van der Waals surface area contributed by atoms with Crippen LogP contribution >= 0.6 is 0 Å². The molecule has 2 saturated heterocycles. The van der Waals surface area contributed by atoms with E-state index in [0.717, 1.165) is 62.3 Å². The number of aryl methyl sites for hydroxylation is 1. The number of nitrogens with zero attached hydrogens (tertiary/aromatic N) is 6. The van der Waals surface area contributed by atoms with Gasteiger partial charge in [0, 0.05) is 44.1 Å². The highest BCUT2D eigenvalue weighted by atomic mass is 16.5. The average molecular weight is 379 g/mol. The van der Waals surface area contributed by atoms with Crippen molar-refractivity contribution in [2.24, 2.45) is 0 Å². The standard InChI is InChI=1S/C20H25N7O/c1-15-4-5-16(13-21)19(23-15)27-8-2-3-17(14-27)24-18-6-7-22-20(25-18)26-9-11-28-12-10-26/h4-7,17H,2-3,8-12,14H2,1H3,(H,22,24,25). The Labute approximate surface area is 165 Å². The lowest BCUT2D eigenvalue weighted by atomic mass is 10.0. The molecule has 2 aliphatic heterocycles. The van der Waals surface area contributed by atoms with Crippen molar-refractivity contribution < 1.29 is 4.74 Å². The Morgan fingerprint density at radius 3 is 2.82 bits per heavy atom. The molecule has 28 heavy (non-hydrogen) atoms. The normalized spacial score (nSPS) is 19.9. The number of nitriles is 1. The fraction of sp³-hybridized carbons (Fsp3) is 0.500. The van der Waals surface area contributed by atoms with E-state index >= 15 is 0 Å². The third-order valence-electron chi connectivity index (χ3n) is 5.14. The van der Waals surface area contributed by atoms with Crippen LogP contribution in [0.4, 0.5) is 17.6 Å². The summed E-state index contributed by atoms with van der Waals surface area (Å²) in [6, 6.07) is 8.16. The van der Waals surface area contributed by atoms with Crippen LogP contribution in [0.5, 0.6) is 0 Å². The van der Waals surface area contributed by atoms with Gasteiger partial charge in [-0.05, 0) is 38.0 Å². The van der Waals surface area contributed by atoms with Gasteiger partial charge < -0.3 is 19.9 Å². The minimum absolute atomic E-state index is 0.245. The summed E-state index contributed by atoms with van der Waals surface area (Å²) in [6.45, 7) is 6.71. The van der Waals surface area contributed by atoms with E-state index in [1.807, 2.05) is 25.1 Å². The molecule has 2 aliphatic rings. The van der Waals surface area contributed by atoms with Crippen LogP contribution in [-0.2, 0) is 4.74 Å². The molecule has 0 saturated carbocycles. The van der Waals surface area contributed by atoms with Gasteiger partial charge in [0.05, 0.1) is 18.8 Å². The minimum atomic E-state index is 0.245. The van der Waals surface area contributed by atoms with Gasteiger partial charge in [-0.15, -0.1) is 0 Å². The maximum Gasteiger partial charge on any atom is 0.227 e. The van der Waals surface area contributed by atoms with Crippen LogP contribution in [0.1, 0.15) is 24.1 Å². The summed E-state index contributed by atoms with van der Waals surface area (Å²) in [4.78, 5) is 18.1. The van der Waals surface area contributed by atoms with E-state index in [1.165, 1.54) is 0 Å². The molecule has 4 rings (SSSR count). The maximum atomic E-state index is 9.43. The second kappa shape index (κ2) is 8.40. The van der Waals surface area contributed by atoms with Gasteiger partial charge in [0.15, 0.2) is 0 Å². The molecular formula is C20H25N7O. The molecular weight excluding hydrogens is 354 g/mol. The third-order valence-corrected chi connectivity index (χ3v) is 5.14. The molecule has 1 unspecified atom stereocenters. The molecule has 0 amide bonds. The Bertz CT molecular complexity index is 860. The van der Waals surface area contributed by atoms with Gasteiger partial charge in [-0.1, -0.05) is 0 Å². The van der Waals surface area contributed by atoms with Crippen LogP contribution in [-0.4, -0.2) is 60.4 Å². The van der Waals surface area contributed by atoms with Gasteiger partial charge in [0.1, 0.15) is 17.7 Å². The fourth-order valence-electron chi connectivity index (χ4n) is 3.71. The summed E-state index contributed by atoms with van der Waals surface area (Å²) in [5.74, 6) is 2.36. The van der Waals surface area contributed by atoms with Crippen LogP contribution in [0, 0.1) is 18.3 Å². The first-order chi connectivity index (χ1) is 13.7. The molecule has 1 atom stereocenters. The van der Waals surface area contributed by atoms with Crippen LogP contribution in [0.2, 0.25) is 0 Å². The molecule has 2 fully saturated rings. The number of morpholine rings is 1. The molecule has 0 spiro atoms. The van der Waals surface area contributed by atoms with Gasteiger partial charge in [-0.2, -0.15) is 10.2 Å². The molecule has 8 heteroatoms. The predicted molar refractivity (Wildman–Crippen MR) is 108 cm³/mol. The Morgan fingerprint density at radius 1 is 1.14 bits per heavy atom. The number of ether oxygens (including phenoxy) is 1. The van der Waals surface area contributed by atoms with Crippen LogP contribution in [0.25, 0.3) is 0 Å². The molecule has 0 aromatic carbocycles. The Kier molecular flexibility index (Phi) is 5.53. The van der Waals surface area contributed by atoms with E-state index in [0.29, 0.717) is 18.8 Å². The molecule has 0 aliphatic carbocycles. The summed E-state index contributed by atoms with van der Waals surface area (Å²) in [7, 11) is 0. The van der Waals surface area contributed by atoms with Crippen molar-refractivity contribution in [3.63, 3.8) is 0 Å². The molecule has 0 bridgehead atoms. The zero-order chi connectivity index (χ0) is 19.3. The number of pyridine rings is 1. The Morgan fingerprint density at radius 2 is 2.00 bits per heavy atom. The van der Waals surface area contributed by atoms with Crippen LogP contribution in [0.3, 0.4) is 0 Å². The molecule has 2 aromatic heterocycles. The lowest BCUT2D eigenvalue weighted by molar-refractivity contribution is 0.122. The summed E-state index contributed by atoms with van der Waals surface area (Å²) in [5, 5.41) is 13.0. The first-order valence-corrected chi connectivity index (χ1v) is 9.78. The van der Waals surface area contributed by atoms with Crippen molar-refractivity contribution in [1.29, 1.82) is 5.26 Å². The highest BCUT2D eigenvalue weighted by Crippen LogP contribution is 2.24. The van der Waals surface area contributed by atoms with Gasteiger partial charge >= 0.3 is 0 Å². The van der Waals surface area contributed by atoms with Crippen molar-refractivity contribution in [3.8, 4) is 6.07 Å². The highest BCUT2D eigenvalue weighted by Gasteiger charge is 2.23. The van der Waals surface area contributed by atoms with Crippen molar-refractivity contribution in [1.82, 2.24) is 15.0 Å². The van der Waals surface area contributed by atoms with E-state index in [1.54, 1.807) is 6.20 Å². The van der Waals surface area contributed by atoms with Crippen molar-refractivity contribution in [2.45, 2.75) is 25.8 Å². The second-order valence-electron chi connectivity index (χ2n) is 7.21. The first kappa shape index (κ1) is 18.4. The summed E-state index contributed by atoms with van der Waals surface area (Å²) >= 11 is 0. The largest absolute Gasteiger partial charge is 0.378 e. The lowest BCUT2D eigenvalue weighted by Crippen LogP contribution is -2.43. The lowest BCUT2D eigenvalue weighted by Gasteiger charge is -2.35. The van der Waals surface area contributed by atoms with Crippen molar-refractivity contribution in [2.75, 3.05) is 54.5 Å². The molecule has 146 valence electrons. The topological polar surface area (TPSA) is 90.2 Å². The summed E-state index contributed by atoms with van der Waals surface area (Å²) in [6.07, 6.45) is 3.90. The summed E-state index contributed by atoms with van der Waals surface area (Å²) in [5.41, 5.74) is 1.55. The number of hydrogen-bond acceptors (Lipinski definition) is 8. The van der Waals surface area contributed by atoms with Crippen molar-refractivity contribution in [3.05, 3.63) is 35.7 Å². The quantitative estimate of drug-likeness (QED) is 0.862. The van der Waals surface area contributed by atoms with Gasteiger partial charge in [0.25, 0.3) is 0 Å². The molecule has 4 heterocycles. The number of nitrogens with one attached hydrogen (secondary N) is 1. The molecule has 1 N–H and O–H groups in total. The highest BCUT2D eigenvalue weighted by molar-refractivity contribution is 5.55. The summed E-state index contributed by atoms with van der Waals surface area (Å²) < 4.78 is 5.41. The molecule has 2 aromatic rings. The van der Waals surface area contributed by atoms with Gasteiger partial charge in [0.2, 0.25) is 5.95 Å². The Hall–Kier alpha value is -2.92. The average Bonchev–Trinajstić information content (AvgIpc) is 2.75. The predicted octanol–water partition coefficient (Wildman–Crippen LogP) is 1.97. The molecule has 8 nitrogen and oxygen atoms in total. The minimum Gasteiger partial charge on any atom is -0.378 e. The third kappa shape index (κ3) is 4.15. The van der Waals surface area contributed by atoms with E-state index < -0.39 is 0 Å². The number of rotatable bonds is 4. The first-order valence-electron chi connectivity index (χ1n) is 9.78. The van der Waals surface area contributed by atoms with E-state index in [4.69, 9.17) is 9.72 Å². The van der Waals surface area contributed by atoms with Crippen molar-refractivity contribution >= 4 is 17.6 Å². The number of aromatic nitrogens is 3. The smallest absolute Gasteiger partial charge is 0.227 e. The fourth-order valence-corrected chi connectivity index (χ4v) is 3.71.